The van der Waals surface area contributed by atoms with Crippen LogP contribution in [0.4, 0.5) is 11.5 Å². The normalized spacial score (nSPS) is 21.1. The SMILES string of the molecule is Cc1cc(N2C(=O)CCC2CO)ccc1C(=O)N1CCN(c2ncc(C3CC3)cc2C)CC1. The van der Waals surface area contributed by atoms with Crippen LogP contribution >= 0.6 is 0 Å². The van der Waals surface area contributed by atoms with Gasteiger partial charge in [0.05, 0.1) is 12.6 Å². The van der Waals surface area contributed by atoms with Gasteiger partial charge < -0.3 is 19.8 Å². The minimum Gasteiger partial charge on any atom is -0.394 e. The fraction of sp³-hybridized carbons (Fsp3) is 0.500. The maximum Gasteiger partial charge on any atom is 0.254 e. The minimum atomic E-state index is -0.179. The van der Waals surface area contributed by atoms with Crippen LogP contribution in [-0.2, 0) is 4.79 Å². The van der Waals surface area contributed by atoms with Crippen molar-refractivity contribution in [2.75, 3.05) is 42.6 Å². The lowest BCUT2D eigenvalue weighted by Gasteiger charge is -2.36. The molecule has 1 N–H and O–H groups in total. The number of hydrogen-bond acceptors (Lipinski definition) is 5. The summed E-state index contributed by atoms with van der Waals surface area (Å²) >= 11 is 0. The predicted octanol–water partition coefficient (Wildman–Crippen LogP) is 3.03. The zero-order valence-electron chi connectivity index (χ0n) is 19.5. The first-order chi connectivity index (χ1) is 16.0. The van der Waals surface area contributed by atoms with Crippen molar-refractivity contribution in [2.24, 2.45) is 0 Å². The standard InChI is InChI=1S/C26H32N4O3/c1-17-14-21(30-22(16-31)6-8-24(30)32)5-7-23(17)26(33)29-11-9-28(10-12-29)25-18(2)13-20(15-27-25)19-3-4-19/h5,7,13-15,19,22,31H,3-4,6,8-12,16H2,1-2H3. The summed E-state index contributed by atoms with van der Waals surface area (Å²) in [6.45, 7) is 6.83. The van der Waals surface area contributed by atoms with Crippen molar-refractivity contribution >= 4 is 23.3 Å². The van der Waals surface area contributed by atoms with Gasteiger partial charge in [0.25, 0.3) is 5.91 Å². The lowest BCUT2D eigenvalue weighted by molar-refractivity contribution is -0.117. The van der Waals surface area contributed by atoms with Crippen LogP contribution in [0.2, 0.25) is 0 Å². The molecule has 3 aliphatic rings. The van der Waals surface area contributed by atoms with Crippen LogP contribution in [0.25, 0.3) is 0 Å². The zero-order valence-corrected chi connectivity index (χ0v) is 19.5. The summed E-state index contributed by atoms with van der Waals surface area (Å²) in [6, 6.07) is 7.64. The third-order valence-corrected chi connectivity index (χ3v) is 7.24. The van der Waals surface area contributed by atoms with E-state index in [1.54, 1.807) is 4.90 Å². The Balaban J connectivity index is 1.25. The highest BCUT2D eigenvalue weighted by Gasteiger charge is 2.32. The quantitative estimate of drug-likeness (QED) is 0.761. The number of benzene rings is 1. The van der Waals surface area contributed by atoms with Crippen LogP contribution in [0.15, 0.2) is 30.5 Å². The van der Waals surface area contributed by atoms with Crippen LogP contribution in [0.3, 0.4) is 0 Å². The van der Waals surface area contributed by atoms with Crippen molar-refractivity contribution < 1.29 is 14.7 Å². The van der Waals surface area contributed by atoms with E-state index in [0.717, 1.165) is 30.2 Å². The lowest BCUT2D eigenvalue weighted by Crippen LogP contribution is -2.49. The fourth-order valence-electron chi connectivity index (χ4n) is 5.16. The third-order valence-electron chi connectivity index (χ3n) is 7.24. The summed E-state index contributed by atoms with van der Waals surface area (Å²) in [6.07, 6.45) is 5.69. The number of nitrogens with zero attached hydrogens (tertiary/aromatic N) is 4. The van der Waals surface area contributed by atoms with E-state index in [9.17, 15) is 14.7 Å². The number of aromatic nitrogens is 1. The van der Waals surface area contributed by atoms with Gasteiger partial charge in [-0.2, -0.15) is 0 Å². The number of carbonyl (C=O) groups is 2. The van der Waals surface area contributed by atoms with E-state index in [1.165, 1.54) is 24.0 Å². The second-order valence-electron chi connectivity index (χ2n) is 9.60. The Hall–Kier alpha value is -2.93. The molecule has 0 radical (unpaired) electrons. The summed E-state index contributed by atoms with van der Waals surface area (Å²) in [7, 11) is 0. The highest BCUT2D eigenvalue weighted by atomic mass is 16.3. The monoisotopic (exact) mass is 448 g/mol. The number of carbonyl (C=O) groups excluding carboxylic acids is 2. The molecule has 2 amide bonds. The van der Waals surface area contributed by atoms with E-state index in [1.807, 2.05) is 36.2 Å². The second-order valence-corrected chi connectivity index (χ2v) is 9.60. The number of amides is 2. The summed E-state index contributed by atoms with van der Waals surface area (Å²) in [5.41, 5.74) is 4.84. The summed E-state index contributed by atoms with van der Waals surface area (Å²) in [5.74, 6) is 1.78. The number of aliphatic hydroxyl groups is 1. The first-order valence-electron chi connectivity index (χ1n) is 12.0. The van der Waals surface area contributed by atoms with E-state index in [4.69, 9.17) is 4.98 Å². The maximum atomic E-state index is 13.2. The molecule has 2 aromatic rings. The Labute approximate surface area is 195 Å². The number of hydrogen-bond donors (Lipinski definition) is 1. The molecule has 1 aromatic carbocycles. The zero-order chi connectivity index (χ0) is 23.1. The molecule has 2 saturated heterocycles. The van der Waals surface area contributed by atoms with Gasteiger partial charge in [-0.15, -0.1) is 0 Å². The number of aryl methyl sites for hydroxylation is 2. The Morgan fingerprint density at radius 3 is 2.45 bits per heavy atom. The summed E-state index contributed by atoms with van der Waals surface area (Å²) < 4.78 is 0. The van der Waals surface area contributed by atoms with Gasteiger partial charge >= 0.3 is 0 Å². The highest BCUT2D eigenvalue weighted by Crippen LogP contribution is 2.40. The van der Waals surface area contributed by atoms with E-state index < -0.39 is 0 Å². The molecule has 0 spiro atoms. The van der Waals surface area contributed by atoms with Gasteiger partial charge in [-0.1, -0.05) is 6.07 Å². The molecular formula is C26H32N4O3. The van der Waals surface area contributed by atoms with Crippen molar-refractivity contribution in [3.8, 4) is 0 Å². The van der Waals surface area contributed by atoms with Crippen LogP contribution in [0.1, 0.15) is 58.6 Å². The number of pyridine rings is 1. The predicted molar refractivity (Wildman–Crippen MR) is 128 cm³/mol. The Morgan fingerprint density at radius 2 is 1.82 bits per heavy atom. The maximum absolute atomic E-state index is 13.2. The molecule has 1 unspecified atom stereocenters. The Kier molecular flexibility index (Phi) is 5.83. The van der Waals surface area contributed by atoms with Crippen molar-refractivity contribution in [3.05, 3.63) is 52.7 Å². The van der Waals surface area contributed by atoms with E-state index in [-0.39, 0.29) is 24.5 Å². The van der Waals surface area contributed by atoms with Crippen molar-refractivity contribution in [2.45, 2.75) is 51.5 Å². The van der Waals surface area contributed by atoms with Gasteiger partial charge in [-0.25, -0.2) is 4.98 Å². The fourth-order valence-corrected chi connectivity index (χ4v) is 5.16. The molecule has 5 rings (SSSR count). The molecule has 7 nitrogen and oxygen atoms in total. The largest absolute Gasteiger partial charge is 0.394 e. The molecule has 0 bridgehead atoms. The van der Waals surface area contributed by atoms with Gasteiger partial charge in [0, 0.05) is 50.0 Å². The summed E-state index contributed by atoms with van der Waals surface area (Å²) in [4.78, 5) is 36.1. The molecule has 33 heavy (non-hydrogen) atoms. The molecule has 3 heterocycles. The molecular weight excluding hydrogens is 416 g/mol. The van der Waals surface area contributed by atoms with Crippen molar-refractivity contribution in [1.82, 2.24) is 9.88 Å². The van der Waals surface area contributed by atoms with E-state index >= 15 is 0 Å². The number of aliphatic hydroxyl groups excluding tert-OH is 1. The molecule has 2 aliphatic heterocycles. The van der Waals surface area contributed by atoms with E-state index in [0.29, 0.717) is 37.4 Å². The molecule has 1 saturated carbocycles. The van der Waals surface area contributed by atoms with Crippen LogP contribution in [0, 0.1) is 13.8 Å². The van der Waals surface area contributed by atoms with E-state index in [2.05, 4.69) is 17.9 Å². The van der Waals surface area contributed by atoms with Crippen molar-refractivity contribution in [3.63, 3.8) is 0 Å². The number of rotatable bonds is 5. The van der Waals surface area contributed by atoms with Crippen LogP contribution in [0.5, 0.6) is 0 Å². The molecule has 3 fully saturated rings. The highest BCUT2D eigenvalue weighted by molar-refractivity contribution is 5.99. The average Bonchev–Trinajstić information content (AvgIpc) is 3.60. The topological polar surface area (TPSA) is 77.0 Å². The third kappa shape index (κ3) is 4.22. The number of piperazine rings is 1. The lowest BCUT2D eigenvalue weighted by atomic mass is 10.0. The van der Waals surface area contributed by atoms with Crippen LogP contribution < -0.4 is 9.80 Å². The van der Waals surface area contributed by atoms with Gasteiger partial charge in [0.15, 0.2) is 0 Å². The average molecular weight is 449 g/mol. The van der Waals surface area contributed by atoms with Gasteiger partial charge in [0.1, 0.15) is 5.82 Å². The smallest absolute Gasteiger partial charge is 0.254 e. The Bertz CT molecular complexity index is 1070. The van der Waals surface area contributed by atoms with Gasteiger partial charge in [-0.3, -0.25) is 9.59 Å². The Morgan fingerprint density at radius 1 is 1.06 bits per heavy atom. The molecule has 174 valence electrons. The minimum absolute atomic E-state index is 0.0257. The molecule has 1 aromatic heterocycles. The number of anilines is 2. The molecule has 7 heteroatoms. The van der Waals surface area contributed by atoms with Gasteiger partial charge in [-0.05, 0) is 73.9 Å². The molecule has 1 atom stereocenters. The first kappa shape index (κ1) is 21.9. The second kappa shape index (κ2) is 8.78. The summed E-state index contributed by atoms with van der Waals surface area (Å²) in [5, 5.41) is 9.60. The van der Waals surface area contributed by atoms with Gasteiger partial charge in [0.2, 0.25) is 5.91 Å². The van der Waals surface area contributed by atoms with Crippen LogP contribution in [-0.4, -0.2) is 65.6 Å². The molecule has 1 aliphatic carbocycles. The van der Waals surface area contributed by atoms with Crippen molar-refractivity contribution in [1.29, 1.82) is 0 Å². The first-order valence-corrected chi connectivity index (χ1v) is 12.0.